The van der Waals surface area contributed by atoms with Crippen LogP contribution in [0.3, 0.4) is 0 Å². The van der Waals surface area contributed by atoms with Gasteiger partial charge in [-0.25, -0.2) is 4.98 Å². The van der Waals surface area contributed by atoms with Gasteiger partial charge in [0, 0.05) is 31.3 Å². The van der Waals surface area contributed by atoms with Crippen molar-refractivity contribution in [1.82, 2.24) is 20.1 Å². The van der Waals surface area contributed by atoms with Crippen molar-refractivity contribution in [2.45, 2.75) is 59.0 Å². The fourth-order valence-electron chi connectivity index (χ4n) is 4.67. The summed E-state index contributed by atoms with van der Waals surface area (Å²) in [6.07, 6.45) is 1.98. The van der Waals surface area contributed by atoms with Crippen molar-refractivity contribution < 1.29 is 9.53 Å². The molecule has 174 valence electrons. The number of hydrogen-bond donors (Lipinski definition) is 1. The lowest BCUT2D eigenvalue weighted by Gasteiger charge is -2.33. The highest BCUT2D eigenvalue weighted by Gasteiger charge is 2.27. The van der Waals surface area contributed by atoms with Crippen molar-refractivity contribution in [3.05, 3.63) is 70.0 Å². The van der Waals surface area contributed by atoms with Crippen molar-refractivity contribution in [3.63, 3.8) is 0 Å². The normalized spacial score (nSPS) is 14.8. The van der Waals surface area contributed by atoms with Crippen LogP contribution in [0.2, 0.25) is 0 Å². The maximum atomic E-state index is 13.5. The number of H-pyrrole nitrogens is 1. The van der Waals surface area contributed by atoms with Crippen LogP contribution in [0.4, 0.5) is 0 Å². The molecule has 2 aromatic carbocycles. The Hall–Kier alpha value is -2.99. The van der Waals surface area contributed by atoms with E-state index in [1.807, 2.05) is 17.9 Å². The summed E-state index contributed by atoms with van der Waals surface area (Å²) in [5, 5.41) is 7.34. The van der Waals surface area contributed by atoms with Gasteiger partial charge in [-0.05, 0) is 61.3 Å². The quantitative estimate of drug-likeness (QED) is 0.552. The molecule has 0 atom stereocenters. The maximum absolute atomic E-state index is 13.5. The van der Waals surface area contributed by atoms with Crippen LogP contribution in [-0.2, 0) is 11.3 Å². The summed E-state index contributed by atoms with van der Waals surface area (Å²) in [6.45, 7) is 10.4. The molecule has 0 bridgehead atoms. The largest absolute Gasteiger partial charge is 0.377 e. The lowest BCUT2D eigenvalue weighted by molar-refractivity contribution is 0.0712. The number of carbonyl (C=O) groups is 1. The highest BCUT2D eigenvalue weighted by molar-refractivity contribution is 5.97. The monoisotopic (exact) mass is 446 g/mol. The van der Waals surface area contributed by atoms with Gasteiger partial charge in [-0.1, -0.05) is 49.7 Å². The number of aryl methyl sites for hydroxylation is 2. The molecule has 2 heterocycles. The van der Waals surface area contributed by atoms with E-state index >= 15 is 0 Å². The molecule has 33 heavy (non-hydrogen) atoms. The SMILES string of the molecule is COCc1nc(-c2cc(C(=O)N3CCC(c4ccc(C)cc4)CC3)c(C)cc2C(C)C)n[nH]1. The van der Waals surface area contributed by atoms with E-state index in [4.69, 9.17) is 4.74 Å². The first kappa shape index (κ1) is 23.2. The Morgan fingerprint density at radius 3 is 2.48 bits per heavy atom. The topological polar surface area (TPSA) is 71.1 Å². The summed E-state index contributed by atoms with van der Waals surface area (Å²) in [6, 6.07) is 12.9. The van der Waals surface area contributed by atoms with E-state index in [1.54, 1.807) is 7.11 Å². The van der Waals surface area contributed by atoms with Crippen LogP contribution in [-0.4, -0.2) is 46.2 Å². The Balaban J connectivity index is 1.56. The molecule has 1 amide bonds. The number of hydrogen-bond acceptors (Lipinski definition) is 4. The zero-order chi connectivity index (χ0) is 23.5. The summed E-state index contributed by atoms with van der Waals surface area (Å²) >= 11 is 0. The molecule has 3 aromatic rings. The molecule has 0 unspecified atom stereocenters. The number of aromatic amines is 1. The highest BCUT2D eigenvalue weighted by atomic mass is 16.5. The fourth-order valence-corrected chi connectivity index (χ4v) is 4.67. The van der Waals surface area contributed by atoms with Crippen LogP contribution in [0.5, 0.6) is 0 Å². The molecule has 1 saturated heterocycles. The molecule has 0 aliphatic carbocycles. The molecule has 1 aliphatic rings. The Morgan fingerprint density at radius 2 is 1.85 bits per heavy atom. The highest BCUT2D eigenvalue weighted by Crippen LogP contribution is 2.33. The van der Waals surface area contributed by atoms with Crippen LogP contribution < -0.4 is 0 Å². The second kappa shape index (κ2) is 9.87. The number of nitrogens with one attached hydrogen (secondary N) is 1. The number of rotatable bonds is 6. The number of carbonyl (C=O) groups excluding carboxylic acids is 1. The molecular formula is C27H34N4O2. The molecule has 6 nitrogen and oxygen atoms in total. The van der Waals surface area contributed by atoms with Gasteiger partial charge in [0.15, 0.2) is 11.6 Å². The van der Waals surface area contributed by atoms with Gasteiger partial charge in [-0.15, -0.1) is 0 Å². The van der Waals surface area contributed by atoms with Crippen molar-refractivity contribution in [3.8, 4) is 11.4 Å². The van der Waals surface area contributed by atoms with Crippen molar-refractivity contribution in [2.75, 3.05) is 20.2 Å². The summed E-state index contributed by atoms with van der Waals surface area (Å²) in [7, 11) is 1.63. The van der Waals surface area contributed by atoms with Crippen LogP contribution in [0.1, 0.15) is 77.0 Å². The first-order valence-corrected chi connectivity index (χ1v) is 11.8. The van der Waals surface area contributed by atoms with Crippen LogP contribution in [0, 0.1) is 13.8 Å². The molecular weight excluding hydrogens is 412 g/mol. The fraction of sp³-hybridized carbons (Fsp3) is 0.444. The third kappa shape index (κ3) is 5.01. The van der Waals surface area contributed by atoms with Crippen LogP contribution >= 0.6 is 0 Å². The Bertz CT molecular complexity index is 1110. The summed E-state index contributed by atoms with van der Waals surface area (Å²) in [4.78, 5) is 20.1. The third-order valence-electron chi connectivity index (χ3n) is 6.63. The standard InChI is InChI=1S/C27H34N4O2/c1-17(2)22-14-19(4)23(15-24(22)26-28-25(16-33-5)29-30-26)27(32)31-12-10-21(11-13-31)20-8-6-18(3)7-9-20/h6-9,14-15,17,21H,10-13,16H2,1-5H3,(H,28,29,30). The predicted molar refractivity (Wildman–Crippen MR) is 130 cm³/mol. The number of methoxy groups -OCH3 is 1. The number of ether oxygens (including phenoxy) is 1. The van der Waals surface area contributed by atoms with Crippen LogP contribution in [0.15, 0.2) is 36.4 Å². The summed E-state index contributed by atoms with van der Waals surface area (Å²) < 4.78 is 5.17. The molecule has 0 saturated carbocycles. The molecule has 0 radical (unpaired) electrons. The second-order valence-electron chi connectivity index (χ2n) is 9.42. The number of nitrogens with zero attached hydrogens (tertiary/aromatic N) is 3. The average Bonchev–Trinajstić information content (AvgIpc) is 3.28. The number of benzene rings is 2. The van der Waals surface area contributed by atoms with E-state index in [9.17, 15) is 4.79 Å². The Morgan fingerprint density at radius 1 is 1.15 bits per heavy atom. The van der Waals surface area contributed by atoms with E-state index in [0.29, 0.717) is 24.2 Å². The first-order chi connectivity index (χ1) is 15.9. The zero-order valence-corrected chi connectivity index (χ0v) is 20.3. The predicted octanol–water partition coefficient (Wildman–Crippen LogP) is 5.38. The van der Waals surface area contributed by atoms with E-state index in [0.717, 1.165) is 48.2 Å². The van der Waals surface area contributed by atoms with Gasteiger partial charge >= 0.3 is 0 Å². The number of likely N-dealkylation sites (tertiary alicyclic amines) is 1. The van der Waals surface area contributed by atoms with Gasteiger partial charge < -0.3 is 9.64 Å². The van der Waals surface area contributed by atoms with Gasteiger partial charge in [-0.2, -0.15) is 5.10 Å². The first-order valence-electron chi connectivity index (χ1n) is 11.8. The Labute approximate surface area is 196 Å². The van der Waals surface area contributed by atoms with Gasteiger partial charge in [0.2, 0.25) is 0 Å². The molecule has 6 heteroatoms. The number of piperidine rings is 1. The molecule has 1 N–H and O–H groups in total. The second-order valence-corrected chi connectivity index (χ2v) is 9.42. The minimum absolute atomic E-state index is 0.0964. The molecule has 4 rings (SSSR count). The Kier molecular flexibility index (Phi) is 6.94. The van der Waals surface area contributed by atoms with Gasteiger partial charge in [0.1, 0.15) is 6.61 Å². The lowest BCUT2D eigenvalue weighted by Crippen LogP contribution is -2.38. The van der Waals surface area contributed by atoms with Crippen LogP contribution in [0.25, 0.3) is 11.4 Å². The number of aromatic nitrogens is 3. The third-order valence-corrected chi connectivity index (χ3v) is 6.63. The smallest absolute Gasteiger partial charge is 0.254 e. The molecule has 1 fully saturated rings. The van der Waals surface area contributed by atoms with Gasteiger partial charge in [0.25, 0.3) is 5.91 Å². The molecule has 1 aromatic heterocycles. The van der Waals surface area contributed by atoms with E-state index < -0.39 is 0 Å². The van der Waals surface area contributed by atoms with Gasteiger partial charge in [-0.3, -0.25) is 9.89 Å². The zero-order valence-electron chi connectivity index (χ0n) is 20.3. The maximum Gasteiger partial charge on any atom is 0.254 e. The van der Waals surface area contributed by atoms with E-state index in [1.165, 1.54) is 11.1 Å². The molecule has 0 spiro atoms. The van der Waals surface area contributed by atoms with Crippen molar-refractivity contribution >= 4 is 5.91 Å². The summed E-state index contributed by atoms with van der Waals surface area (Å²) in [5.74, 6) is 2.19. The average molecular weight is 447 g/mol. The van der Waals surface area contributed by atoms with E-state index in [2.05, 4.69) is 66.3 Å². The minimum Gasteiger partial charge on any atom is -0.377 e. The number of amides is 1. The molecule has 1 aliphatic heterocycles. The van der Waals surface area contributed by atoms with Crippen molar-refractivity contribution in [2.24, 2.45) is 0 Å². The minimum atomic E-state index is 0.0964. The lowest BCUT2D eigenvalue weighted by atomic mass is 9.88. The van der Waals surface area contributed by atoms with Crippen molar-refractivity contribution in [1.29, 1.82) is 0 Å². The van der Waals surface area contributed by atoms with E-state index in [-0.39, 0.29) is 11.8 Å². The van der Waals surface area contributed by atoms with Gasteiger partial charge in [0.05, 0.1) is 0 Å². The summed E-state index contributed by atoms with van der Waals surface area (Å²) in [5.41, 5.74) is 6.45.